The van der Waals surface area contributed by atoms with Crippen molar-refractivity contribution in [3.05, 3.63) is 52.9 Å². The quantitative estimate of drug-likeness (QED) is 0.0453. The van der Waals surface area contributed by atoms with Gasteiger partial charge in [-0.1, -0.05) is 26.2 Å². The third kappa shape index (κ3) is 10.3. The summed E-state index contributed by atoms with van der Waals surface area (Å²) in [6, 6.07) is 14.6. The Balaban J connectivity index is 1.33. The van der Waals surface area contributed by atoms with Gasteiger partial charge in [-0.2, -0.15) is 0 Å². The van der Waals surface area contributed by atoms with Gasteiger partial charge in [0, 0.05) is 4.88 Å². The molecule has 2 nitrogen and oxygen atoms in total. The Morgan fingerprint density at radius 2 is 0.963 bits per heavy atom. The molecular formula is C46H64O2S5Sn. The summed E-state index contributed by atoms with van der Waals surface area (Å²) in [5.41, 5.74) is 3.15. The van der Waals surface area contributed by atoms with Crippen molar-refractivity contribution < 1.29 is 9.47 Å². The van der Waals surface area contributed by atoms with Crippen LogP contribution in [0.25, 0.3) is 39.0 Å². The maximum absolute atomic E-state index is 6.46. The first-order valence-electron chi connectivity index (χ1n) is 21.4. The van der Waals surface area contributed by atoms with Crippen molar-refractivity contribution in [1.29, 1.82) is 0 Å². The van der Waals surface area contributed by atoms with Gasteiger partial charge in [-0.05, 0) is 29.9 Å². The minimum atomic E-state index is -2.56. The van der Waals surface area contributed by atoms with Crippen molar-refractivity contribution in [2.75, 3.05) is 13.2 Å². The van der Waals surface area contributed by atoms with Gasteiger partial charge in [-0.3, -0.25) is 0 Å². The first kappa shape index (κ1) is 42.5. The molecule has 54 heavy (non-hydrogen) atoms. The zero-order valence-corrected chi connectivity index (χ0v) is 40.7. The normalized spacial score (nSPS) is 13.0. The fourth-order valence-corrected chi connectivity index (χ4v) is 33.1. The zero-order chi connectivity index (χ0) is 37.8. The summed E-state index contributed by atoms with van der Waals surface area (Å²) in [7, 11) is 0. The Morgan fingerprint density at radius 1 is 0.481 bits per heavy atom. The molecule has 1 aliphatic rings. The number of hydrogen-bond acceptors (Lipinski definition) is 7. The molecule has 0 N–H and O–H groups in total. The third-order valence-electron chi connectivity index (χ3n) is 11.2. The molecule has 6 rings (SSSR count). The van der Waals surface area contributed by atoms with E-state index in [2.05, 4.69) is 87.7 Å². The van der Waals surface area contributed by atoms with Gasteiger partial charge in [-0.15, -0.1) is 11.3 Å². The maximum atomic E-state index is 6.46. The first-order valence-corrected chi connectivity index (χ1v) is 33.0. The molecule has 294 valence electrons. The molecule has 0 saturated carbocycles. The van der Waals surface area contributed by atoms with Gasteiger partial charge < -0.3 is 0 Å². The van der Waals surface area contributed by atoms with Gasteiger partial charge in [0.05, 0.1) is 0 Å². The van der Waals surface area contributed by atoms with Crippen LogP contribution in [0.15, 0.2) is 41.8 Å². The van der Waals surface area contributed by atoms with Crippen LogP contribution in [-0.4, -0.2) is 31.6 Å². The summed E-state index contributed by atoms with van der Waals surface area (Å²) in [5, 5.41) is 2.28. The minimum absolute atomic E-state index is 0.609. The standard InChI is InChI=1S/C34H37O2S5.3C4H9.Sn/c1-3-5-7-9-11-23-17-21-37-31(23)25-13-15-27(39-25)33-29-30(36-20-19-35-29)34(41-33)28-16-14-26(40-28)32-24(18-22-38-32)12-10-8-6-4-2;3*1-3-4-2;/h13-18,21H,3-12,19-20H2,1-2H3;3*1,3-4H2,2H3;. The molecule has 0 aliphatic carbocycles. The van der Waals surface area contributed by atoms with Crippen LogP contribution in [0.4, 0.5) is 0 Å². The van der Waals surface area contributed by atoms with E-state index in [9.17, 15) is 0 Å². The van der Waals surface area contributed by atoms with E-state index in [1.165, 1.54) is 156 Å². The van der Waals surface area contributed by atoms with Gasteiger partial charge >= 0.3 is 282 Å². The Bertz CT molecular complexity index is 1830. The Morgan fingerprint density at radius 3 is 1.48 bits per heavy atom. The van der Waals surface area contributed by atoms with Crippen LogP contribution >= 0.6 is 56.7 Å². The summed E-state index contributed by atoms with van der Waals surface area (Å²) in [4.78, 5) is 10.9. The molecule has 0 aromatic carbocycles. The molecule has 6 heterocycles. The molecule has 0 atom stereocenters. The van der Waals surface area contributed by atoms with Crippen molar-refractivity contribution in [3.63, 3.8) is 0 Å². The summed E-state index contributed by atoms with van der Waals surface area (Å²) in [6.07, 6.45) is 21.1. The molecule has 1 aliphatic heterocycles. The van der Waals surface area contributed by atoms with E-state index in [0.29, 0.717) is 13.2 Å². The van der Waals surface area contributed by atoms with Crippen molar-refractivity contribution in [3.8, 4) is 50.5 Å². The van der Waals surface area contributed by atoms with Crippen LogP contribution in [-0.2, 0) is 12.8 Å². The average Bonchev–Trinajstić information content (AvgIpc) is 4.04. The van der Waals surface area contributed by atoms with Gasteiger partial charge in [0.15, 0.2) is 0 Å². The van der Waals surface area contributed by atoms with E-state index in [1.807, 2.05) is 48.2 Å². The van der Waals surface area contributed by atoms with Crippen LogP contribution in [0.3, 0.4) is 0 Å². The predicted octanol–water partition coefficient (Wildman–Crippen LogP) is 16.7. The summed E-state index contributed by atoms with van der Waals surface area (Å²) < 4.78 is 19.4. The Hall–Kier alpha value is -1.10. The number of ether oxygens (including phenoxy) is 2. The summed E-state index contributed by atoms with van der Waals surface area (Å²) >= 11 is 7.35. The second-order valence-corrected chi connectivity index (χ2v) is 34.7. The molecule has 0 unspecified atom stereocenters. The average molecular weight is 928 g/mol. The summed E-state index contributed by atoms with van der Waals surface area (Å²) in [6.45, 7) is 13.0. The topological polar surface area (TPSA) is 18.5 Å². The fraction of sp³-hybridized carbons (Fsp3) is 0.565. The molecule has 0 amide bonds. The van der Waals surface area contributed by atoms with Crippen LogP contribution < -0.4 is 12.4 Å². The summed E-state index contributed by atoms with van der Waals surface area (Å²) in [5.74, 6) is 1.91. The van der Waals surface area contributed by atoms with Gasteiger partial charge in [0.1, 0.15) is 0 Å². The predicted molar refractivity (Wildman–Crippen MR) is 249 cm³/mol. The molecule has 0 bridgehead atoms. The molecule has 0 spiro atoms. The van der Waals surface area contributed by atoms with Gasteiger partial charge in [0.2, 0.25) is 0 Å². The number of thiophene rings is 5. The molecular weight excluding hydrogens is 864 g/mol. The zero-order valence-electron chi connectivity index (χ0n) is 33.7. The monoisotopic (exact) mass is 928 g/mol. The van der Waals surface area contributed by atoms with Crippen molar-refractivity contribution in [1.82, 2.24) is 0 Å². The van der Waals surface area contributed by atoms with Gasteiger partial charge in [-0.25, -0.2) is 0 Å². The van der Waals surface area contributed by atoms with Crippen LogP contribution in [0.5, 0.6) is 11.5 Å². The number of unbranched alkanes of at least 4 members (excludes halogenated alkanes) is 9. The van der Waals surface area contributed by atoms with E-state index in [4.69, 9.17) is 9.47 Å². The van der Waals surface area contributed by atoms with Crippen LogP contribution in [0.1, 0.15) is 136 Å². The second-order valence-electron chi connectivity index (χ2n) is 15.4. The fourth-order valence-electron chi connectivity index (χ4n) is 8.05. The van der Waals surface area contributed by atoms with Crippen molar-refractivity contribution in [2.24, 2.45) is 0 Å². The van der Waals surface area contributed by atoms with Crippen LogP contribution in [0.2, 0.25) is 13.3 Å². The SMILES string of the molecule is CCCCCCc1ccsc1-c1ccc(-c2sc(-c3ccc(-c4s[c]([Sn]([CH2]CCC)([CH2]CCC)[CH2]CCC)cc4CCCCCC)s3)c3c2OCCO3)s1. The number of fused-ring (bicyclic) bond motifs is 1. The van der Waals surface area contributed by atoms with Crippen molar-refractivity contribution >= 4 is 78.0 Å². The number of rotatable bonds is 24. The molecule has 8 heteroatoms. The molecule has 5 aromatic heterocycles. The van der Waals surface area contributed by atoms with E-state index in [-0.39, 0.29) is 0 Å². The van der Waals surface area contributed by atoms with Crippen LogP contribution in [0, 0.1) is 0 Å². The molecule has 5 aromatic rings. The Labute approximate surface area is 351 Å². The number of aryl methyl sites for hydroxylation is 2. The molecule has 0 saturated heterocycles. The van der Waals surface area contributed by atoms with Crippen molar-refractivity contribution in [2.45, 2.75) is 151 Å². The Kier molecular flexibility index (Phi) is 17.0. The molecule has 0 fully saturated rings. The van der Waals surface area contributed by atoms with E-state index in [1.54, 1.807) is 10.4 Å². The second kappa shape index (κ2) is 21.6. The molecule has 0 radical (unpaired) electrons. The van der Waals surface area contributed by atoms with E-state index >= 15 is 0 Å². The first-order chi connectivity index (χ1) is 26.5. The van der Waals surface area contributed by atoms with E-state index < -0.39 is 18.4 Å². The van der Waals surface area contributed by atoms with Gasteiger partial charge in [0.25, 0.3) is 0 Å². The third-order valence-corrected chi connectivity index (χ3v) is 35.6. The van der Waals surface area contributed by atoms with E-state index in [0.717, 1.165) is 11.5 Å². The number of hydrogen-bond donors (Lipinski definition) is 0.